The summed E-state index contributed by atoms with van der Waals surface area (Å²) in [5.41, 5.74) is 3.69. The van der Waals surface area contributed by atoms with Crippen LogP contribution in [0.5, 0.6) is 0 Å². The third-order valence-corrected chi connectivity index (χ3v) is 5.24. The number of carbonyl (C=O) groups is 1. The largest absolute Gasteiger partial charge is 0.416 e. The summed E-state index contributed by atoms with van der Waals surface area (Å²) < 4.78 is 5.85. The molecule has 4 nitrogen and oxygen atoms in total. The maximum absolute atomic E-state index is 11.6. The molecule has 0 bridgehead atoms. The molecule has 1 aromatic heterocycles. The van der Waals surface area contributed by atoms with Gasteiger partial charge in [0.1, 0.15) is 0 Å². The van der Waals surface area contributed by atoms with Gasteiger partial charge in [0.05, 0.1) is 0 Å². The highest BCUT2D eigenvalue weighted by atomic mass is 16.4. The van der Waals surface area contributed by atoms with Crippen LogP contribution in [0.2, 0.25) is 0 Å². The maximum Gasteiger partial charge on any atom is 0.248 e. The van der Waals surface area contributed by atoms with Crippen molar-refractivity contribution < 1.29 is 9.21 Å². The number of carbonyl (C=O) groups excluding carboxylic acids is 1. The van der Waals surface area contributed by atoms with Crippen LogP contribution in [0.25, 0.3) is 17.0 Å². The molecule has 4 heteroatoms. The van der Waals surface area contributed by atoms with E-state index in [-0.39, 0.29) is 5.78 Å². The summed E-state index contributed by atoms with van der Waals surface area (Å²) in [4.78, 5) is 11.6. The quantitative estimate of drug-likeness (QED) is 0.431. The van der Waals surface area contributed by atoms with Crippen molar-refractivity contribution in [3.63, 3.8) is 0 Å². The standard InChI is InChI=1S/C24H28N2O2/c1-4-9-19(20-10-6-5-7-11-20)15-14-17(2)23-25-26-24(28-23)22-13-8-12-21(16-22)18(3)27/h4,8-9,12-16,20H,5-7,10-11H2,1-3H3/b9-4-,17-14+,19-15+. The summed E-state index contributed by atoms with van der Waals surface area (Å²) >= 11 is 0. The number of allylic oxidation sites excluding steroid dienone is 6. The van der Waals surface area contributed by atoms with E-state index in [1.165, 1.54) is 37.7 Å². The zero-order valence-corrected chi connectivity index (χ0v) is 16.9. The maximum atomic E-state index is 11.6. The highest BCUT2D eigenvalue weighted by molar-refractivity contribution is 5.95. The lowest BCUT2D eigenvalue weighted by Crippen LogP contribution is -2.07. The van der Waals surface area contributed by atoms with Crippen LogP contribution in [0.4, 0.5) is 0 Å². The predicted octanol–water partition coefficient (Wildman–Crippen LogP) is 6.43. The third-order valence-electron chi connectivity index (χ3n) is 5.24. The van der Waals surface area contributed by atoms with Crippen LogP contribution in [-0.2, 0) is 0 Å². The highest BCUT2D eigenvalue weighted by Gasteiger charge is 2.16. The average Bonchev–Trinajstić information content (AvgIpc) is 3.22. The zero-order chi connectivity index (χ0) is 19.9. The van der Waals surface area contributed by atoms with Crippen molar-refractivity contribution in [3.8, 4) is 11.5 Å². The lowest BCUT2D eigenvalue weighted by molar-refractivity contribution is 0.101. The minimum atomic E-state index is 0.0158. The molecule has 1 fully saturated rings. The van der Waals surface area contributed by atoms with Gasteiger partial charge in [-0.15, -0.1) is 10.2 Å². The molecule has 0 amide bonds. The van der Waals surface area contributed by atoms with Gasteiger partial charge in [0, 0.05) is 16.7 Å². The van der Waals surface area contributed by atoms with Gasteiger partial charge in [-0.25, -0.2) is 0 Å². The molecule has 146 valence electrons. The molecule has 3 rings (SSSR count). The monoisotopic (exact) mass is 376 g/mol. The molecule has 1 heterocycles. The Kier molecular flexibility index (Phi) is 6.75. The van der Waals surface area contributed by atoms with E-state index in [9.17, 15) is 4.79 Å². The molecule has 1 saturated carbocycles. The van der Waals surface area contributed by atoms with Crippen LogP contribution in [-0.4, -0.2) is 16.0 Å². The topological polar surface area (TPSA) is 56.0 Å². The molecule has 2 aromatic rings. The Balaban J connectivity index is 1.81. The van der Waals surface area contributed by atoms with Gasteiger partial charge in [-0.05, 0) is 57.2 Å². The van der Waals surface area contributed by atoms with E-state index in [1.54, 1.807) is 19.1 Å². The molecular weight excluding hydrogens is 348 g/mol. The SMILES string of the molecule is C\C=C/C(=C\C=C(/C)c1nnc(-c2cccc(C(C)=O)c2)o1)C1CCCCC1. The van der Waals surface area contributed by atoms with E-state index in [1.807, 2.05) is 19.1 Å². The summed E-state index contributed by atoms with van der Waals surface area (Å²) in [6, 6.07) is 7.27. The highest BCUT2D eigenvalue weighted by Crippen LogP contribution is 2.31. The minimum Gasteiger partial charge on any atom is -0.416 e. The van der Waals surface area contributed by atoms with Gasteiger partial charge in [0.15, 0.2) is 5.78 Å². The summed E-state index contributed by atoms with van der Waals surface area (Å²) in [6.07, 6.45) is 15.1. The molecule has 0 radical (unpaired) electrons. The molecular formula is C24H28N2O2. The second kappa shape index (κ2) is 9.45. The first-order valence-electron chi connectivity index (χ1n) is 10.0. The van der Waals surface area contributed by atoms with Gasteiger partial charge in [-0.2, -0.15) is 0 Å². The molecule has 1 aliphatic carbocycles. The Bertz CT molecular complexity index is 912. The molecule has 0 N–H and O–H groups in total. The Labute approximate surface area is 167 Å². The van der Waals surface area contributed by atoms with Crippen molar-refractivity contribution in [3.05, 3.63) is 65.6 Å². The third kappa shape index (κ3) is 4.94. The fourth-order valence-electron chi connectivity index (χ4n) is 3.62. The summed E-state index contributed by atoms with van der Waals surface area (Å²) in [5, 5.41) is 8.34. The van der Waals surface area contributed by atoms with Crippen molar-refractivity contribution in [1.29, 1.82) is 0 Å². The minimum absolute atomic E-state index is 0.0158. The summed E-state index contributed by atoms with van der Waals surface area (Å²) in [7, 11) is 0. The van der Waals surface area contributed by atoms with E-state index < -0.39 is 0 Å². The number of Topliss-reactive ketones (excluding diaryl/α,β-unsaturated/α-hetero) is 1. The smallest absolute Gasteiger partial charge is 0.248 e. The van der Waals surface area contributed by atoms with E-state index in [0.29, 0.717) is 23.3 Å². The molecule has 0 aliphatic heterocycles. The molecule has 1 aromatic carbocycles. The Morgan fingerprint density at radius 3 is 2.61 bits per heavy atom. The van der Waals surface area contributed by atoms with Crippen molar-refractivity contribution in [1.82, 2.24) is 10.2 Å². The second-order valence-electron chi connectivity index (χ2n) is 7.40. The van der Waals surface area contributed by atoms with E-state index in [2.05, 4.69) is 41.4 Å². The molecule has 0 spiro atoms. The van der Waals surface area contributed by atoms with Crippen LogP contribution < -0.4 is 0 Å². The van der Waals surface area contributed by atoms with Gasteiger partial charge in [-0.3, -0.25) is 4.79 Å². The zero-order valence-electron chi connectivity index (χ0n) is 16.9. The second-order valence-corrected chi connectivity index (χ2v) is 7.40. The van der Waals surface area contributed by atoms with Crippen LogP contribution in [0.3, 0.4) is 0 Å². The van der Waals surface area contributed by atoms with E-state index in [0.717, 1.165) is 11.1 Å². The molecule has 0 unspecified atom stereocenters. The van der Waals surface area contributed by atoms with Crippen molar-refractivity contribution in [2.45, 2.75) is 52.9 Å². The fourth-order valence-corrected chi connectivity index (χ4v) is 3.62. The summed E-state index contributed by atoms with van der Waals surface area (Å²) in [6.45, 7) is 5.59. The van der Waals surface area contributed by atoms with Gasteiger partial charge < -0.3 is 4.42 Å². The number of benzene rings is 1. The molecule has 28 heavy (non-hydrogen) atoms. The fraction of sp³-hybridized carbons (Fsp3) is 0.375. The lowest BCUT2D eigenvalue weighted by atomic mass is 9.83. The van der Waals surface area contributed by atoms with Crippen LogP contribution in [0, 0.1) is 5.92 Å². The Morgan fingerprint density at radius 2 is 1.89 bits per heavy atom. The van der Waals surface area contributed by atoms with Gasteiger partial charge in [0.25, 0.3) is 0 Å². The van der Waals surface area contributed by atoms with Gasteiger partial charge in [-0.1, -0.05) is 55.7 Å². The molecule has 1 aliphatic rings. The average molecular weight is 377 g/mol. The van der Waals surface area contributed by atoms with Crippen LogP contribution >= 0.6 is 0 Å². The lowest BCUT2D eigenvalue weighted by Gasteiger charge is -2.22. The van der Waals surface area contributed by atoms with E-state index in [4.69, 9.17) is 4.42 Å². The molecule has 0 atom stereocenters. The Hall–Kier alpha value is -2.75. The summed E-state index contributed by atoms with van der Waals surface area (Å²) in [5.74, 6) is 1.59. The Morgan fingerprint density at radius 1 is 1.11 bits per heavy atom. The first-order chi connectivity index (χ1) is 13.6. The molecule has 0 saturated heterocycles. The predicted molar refractivity (Wildman–Crippen MR) is 113 cm³/mol. The van der Waals surface area contributed by atoms with Crippen molar-refractivity contribution in [2.24, 2.45) is 5.92 Å². The first kappa shape index (κ1) is 20.0. The number of hydrogen-bond donors (Lipinski definition) is 0. The van der Waals surface area contributed by atoms with Gasteiger partial charge in [0.2, 0.25) is 11.8 Å². The van der Waals surface area contributed by atoms with Crippen LogP contribution in [0.15, 0.2) is 58.6 Å². The number of aromatic nitrogens is 2. The van der Waals surface area contributed by atoms with Crippen molar-refractivity contribution in [2.75, 3.05) is 0 Å². The number of hydrogen-bond acceptors (Lipinski definition) is 4. The first-order valence-corrected chi connectivity index (χ1v) is 10.0. The van der Waals surface area contributed by atoms with Crippen molar-refractivity contribution >= 4 is 11.4 Å². The number of ketones is 1. The van der Waals surface area contributed by atoms with Crippen LogP contribution in [0.1, 0.15) is 69.1 Å². The number of rotatable bonds is 6. The number of nitrogens with zero attached hydrogens (tertiary/aromatic N) is 2. The van der Waals surface area contributed by atoms with Gasteiger partial charge >= 0.3 is 0 Å². The normalized spacial score (nSPS) is 16.7. The van der Waals surface area contributed by atoms with E-state index >= 15 is 0 Å².